The first-order chi connectivity index (χ1) is 7.27. The van der Waals surface area contributed by atoms with Crippen LogP contribution >= 0.6 is 0 Å². The Hall–Kier alpha value is -0.860. The van der Waals surface area contributed by atoms with E-state index in [1.54, 1.807) is 0 Å². The standard InChI is InChI=1S/C13H22N2/c1-3-13(15(2)10-9-14)11-12-7-5-4-6-8-12/h4-8,13H,3,9-11,14H2,1-2H3. The maximum atomic E-state index is 5.57. The first-order valence-electron chi connectivity index (χ1n) is 5.72. The summed E-state index contributed by atoms with van der Waals surface area (Å²) < 4.78 is 0. The van der Waals surface area contributed by atoms with Gasteiger partial charge in [-0.15, -0.1) is 0 Å². The number of nitrogens with zero attached hydrogens (tertiary/aromatic N) is 1. The van der Waals surface area contributed by atoms with Gasteiger partial charge in [0, 0.05) is 19.1 Å². The lowest BCUT2D eigenvalue weighted by Gasteiger charge is -2.26. The van der Waals surface area contributed by atoms with Gasteiger partial charge in [0.1, 0.15) is 0 Å². The highest BCUT2D eigenvalue weighted by atomic mass is 15.1. The Morgan fingerprint density at radius 1 is 1.27 bits per heavy atom. The fourth-order valence-electron chi connectivity index (χ4n) is 1.88. The number of rotatable bonds is 6. The van der Waals surface area contributed by atoms with E-state index in [4.69, 9.17) is 5.73 Å². The van der Waals surface area contributed by atoms with Gasteiger partial charge in [-0.3, -0.25) is 0 Å². The minimum Gasteiger partial charge on any atom is -0.329 e. The molecule has 84 valence electrons. The maximum absolute atomic E-state index is 5.57. The van der Waals surface area contributed by atoms with Crippen LogP contribution in [-0.2, 0) is 6.42 Å². The summed E-state index contributed by atoms with van der Waals surface area (Å²) in [5.41, 5.74) is 6.98. The number of likely N-dealkylation sites (N-methyl/N-ethyl adjacent to an activating group) is 1. The van der Waals surface area contributed by atoms with E-state index in [9.17, 15) is 0 Å². The summed E-state index contributed by atoms with van der Waals surface area (Å²) in [4.78, 5) is 2.35. The Morgan fingerprint density at radius 2 is 1.93 bits per heavy atom. The molecule has 0 aliphatic heterocycles. The molecule has 1 rings (SSSR count). The highest BCUT2D eigenvalue weighted by Gasteiger charge is 2.11. The molecule has 0 aliphatic rings. The van der Waals surface area contributed by atoms with Gasteiger partial charge in [-0.2, -0.15) is 0 Å². The molecule has 0 bridgehead atoms. The van der Waals surface area contributed by atoms with Crippen LogP contribution in [0.4, 0.5) is 0 Å². The largest absolute Gasteiger partial charge is 0.329 e. The average Bonchev–Trinajstić information content (AvgIpc) is 2.27. The summed E-state index contributed by atoms with van der Waals surface area (Å²) in [5.74, 6) is 0. The molecule has 1 atom stereocenters. The second-order valence-electron chi connectivity index (χ2n) is 4.02. The Balaban J connectivity index is 2.53. The molecule has 0 spiro atoms. The molecule has 15 heavy (non-hydrogen) atoms. The van der Waals surface area contributed by atoms with Gasteiger partial charge in [-0.25, -0.2) is 0 Å². The maximum Gasteiger partial charge on any atom is 0.0130 e. The fourth-order valence-corrected chi connectivity index (χ4v) is 1.88. The summed E-state index contributed by atoms with van der Waals surface area (Å²) in [6.45, 7) is 3.95. The van der Waals surface area contributed by atoms with Gasteiger partial charge in [0.2, 0.25) is 0 Å². The smallest absolute Gasteiger partial charge is 0.0130 e. The summed E-state index contributed by atoms with van der Waals surface area (Å²) in [6.07, 6.45) is 2.29. The molecular formula is C13H22N2. The minimum atomic E-state index is 0.607. The molecule has 0 aromatic heterocycles. The lowest BCUT2D eigenvalue weighted by atomic mass is 10.0. The third-order valence-electron chi connectivity index (χ3n) is 2.89. The van der Waals surface area contributed by atoms with Crippen molar-refractivity contribution in [3.63, 3.8) is 0 Å². The first kappa shape index (κ1) is 12.2. The third-order valence-corrected chi connectivity index (χ3v) is 2.89. The van der Waals surface area contributed by atoms with E-state index >= 15 is 0 Å². The van der Waals surface area contributed by atoms with Crippen LogP contribution in [0.15, 0.2) is 30.3 Å². The molecule has 0 saturated heterocycles. The van der Waals surface area contributed by atoms with E-state index in [2.05, 4.69) is 49.2 Å². The van der Waals surface area contributed by atoms with E-state index < -0.39 is 0 Å². The van der Waals surface area contributed by atoms with Crippen molar-refractivity contribution in [2.24, 2.45) is 5.73 Å². The SMILES string of the molecule is CCC(Cc1ccccc1)N(C)CCN. The quantitative estimate of drug-likeness (QED) is 0.770. The number of hydrogen-bond acceptors (Lipinski definition) is 2. The van der Waals surface area contributed by atoms with E-state index in [-0.39, 0.29) is 0 Å². The molecule has 2 N–H and O–H groups in total. The van der Waals surface area contributed by atoms with Crippen LogP contribution < -0.4 is 5.73 Å². The van der Waals surface area contributed by atoms with Gasteiger partial charge in [0.25, 0.3) is 0 Å². The normalized spacial score (nSPS) is 13.1. The Kier molecular flexibility index (Phi) is 5.37. The van der Waals surface area contributed by atoms with E-state index in [1.807, 2.05) is 0 Å². The number of nitrogens with two attached hydrogens (primary N) is 1. The van der Waals surface area contributed by atoms with Crippen LogP contribution in [0.1, 0.15) is 18.9 Å². The van der Waals surface area contributed by atoms with E-state index in [1.165, 1.54) is 12.0 Å². The molecule has 0 aliphatic carbocycles. The van der Waals surface area contributed by atoms with Gasteiger partial charge in [-0.1, -0.05) is 37.3 Å². The van der Waals surface area contributed by atoms with Gasteiger partial charge in [0.15, 0.2) is 0 Å². The predicted octanol–water partition coefficient (Wildman–Crippen LogP) is 1.90. The zero-order valence-electron chi connectivity index (χ0n) is 9.82. The highest BCUT2D eigenvalue weighted by molar-refractivity contribution is 5.15. The molecule has 0 amide bonds. The topological polar surface area (TPSA) is 29.3 Å². The monoisotopic (exact) mass is 206 g/mol. The third kappa shape index (κ3) is 4.02. The lowest BCUT2D eigenvalue weighted by molar-refractivity contribution is 0.240. The van der Waals surface area contributed by atoms with Crippen molar-refractivity contribution in [3.05, 3.63) is 35.9 Å². The van der Waals surface area contributed by atoms with Crippen LogP contribution in [0.25, 0.3) is 0 Å². The van der Waals surface area contributed by atoms with Crippen LogP contribution in [0.2, 0.25) is 0 Å². The van der Waals surface area contributed by atoms with Gasteiger partial charge < -0.3 is 10.6 Å². The van der Waals surface area contributed by atoms with Crippen LogP contribution in [-0.4, -0.2) is 31.1 Å². The second-order valence-corrected chi connectivity index (χ2v) is 4.02. The molecule has 0 heterocycles. The number of benzene rings is 1. The van der Waals surface area contributed by atoms with E-state index in [0.717, 1.165) is 19.5 Å². The summed E-state index contributed by atoms with van der Waals surface area (Å²) in [6, 6.07) is 11.3. The average molecular weight is 206 g/mol. The van der Waals surface area contributed by atoms with Crippen molar-refractivity contribution < 1.29 is 0 Å². The summed E-state index contributed by atoms with van der Waals surface area (Å²) >= 11 is 0. The molecule has 1 aromatic rings. The van der Waals surface area contributed by atoms with Crippen molar-refractivity contribution in [1.29, 1.82) is 0 Å². The Morgan fingerprint density at radius 3 is 2.47 bits per heavy atom. The Bertz CT molecular complexity index is 258. The van der Waals surface area contributed by atoms with Gasteiger partial charge in [0.05, 0.1) is 0 Å². The summed E-state index contributed by atoms with van der Waals surface area (Å²) in [7, 11) is 2.16. The van der Waals surface area contributed by atoms with Gasteiger partial charge in [-0.05, 0) is 25.5 Å². The number of hydrogen-bond donors (Lipinski definition) is 1. The van der Waals surface area contributed by atoms with Crippen LogP contribution in [0, 0.1) is 0 Å². The van der Waals surface area contributed by atoms with Crippen molar-refractivity contribution >= 4 is 0 Å². The van der Waals surface area contributed by atoms with Gasteiger partial charge >= 0.3 is 0 Å². The molecule has 1 aromatic carbocycles. The van der Waals surface area contributed by atoms with Crippen LogP contribution in [0.5, 0.6) is 0 Å². The molecule has 0 saturated carbocycles. The van der Waals surface area contributed by atoms with Crippen molar-refractivity contribution in [1.82, 2.24) is 4.90 Å². The van der Waals surface area contributed by atoms with E-state index in [0.29, 0.717) is 6.04 Å². The molecule has 0 fully saturated rings. The molecule has 0 radical (unpaired) electrons. The molecule has 2 nitrogen and oxygen atoms in total. The second kappa shape index (κ2) is 6.59. The molecule has 2 heteroatoms. The highest BCUT2D eigenvalue weighted by Crippen LogP contribution is 2.10. The Labute approximate surface area is 93.1 Å². The molecule has 1 unspecified atom stereocenters. The molecular weight excluding hydrogens is 184 g/mol. The van der Waals surface area contributed by atoms with Crippen molar-refractivity contribution in [3.8, 4) is 0 Å². The minimum absolute atomic E-state index is 0.607. The predicted molar refractivity (Wildman–Crippen MR) is 65.9 cm³/mol. The fraction of sp³-hybridized carbons (Fsp3) is 0.538. The van der Waals surface area contributed by atoms with Crippen molar-refractivity contribution in [2.75, 3.05) is 20.1 Å². The lowest BCUT2D eigenvalue weighted by Crippen LogP contribution is -2.36. The van der Waals surface area contributed by atoms with Crippen molar-refractivity contribution in [2.45, 2.75) is 25.8 Å². The zero-order chi connectivity index (χ0) is 11.1. The van der Waals surface area contributed by atoms with Crippen LogP contribution in [0.3, 0.4) is 0 Å². The summed E-state index contributed by atoms with van der Waals surface area (Å²) in [5, 5.41) is 0. The first-order valence-corrected chi connectivity index (χ1v) is 5.72. The zero-order valence-corrected chi connectivity index (χ0v) is 9.82.